The van der Waals surface area contributed by atoms with E-state index in [1.807, 2.05) is 0 Å². The molecule has 8 nitrogen and oxygen atoms in total. The number of aliphatic hydroxyl groups is 1. The first-order valence-electron chi connectivity index (χ1n) is 10.9. The van der Waals surface area contributed by atoms with Crippen molar-refractivity contribution in [2.75, 3.05) is 18.6 Å². The minimum absolute atomic E-state index is 0.0628. The summed E-state index contributed by atoms with van der Waals surface area (Å²) in [6.45, 7) is 1.92. The fourth-order valence-corrected chi connectivity index (χ4v) is 4.01. The molecule has 1 aliphatic heterocycles. The number of phenolic OH excluding ortho intramolecular Hbond substituents is 1. The monoisotopic (exact) mass is 473 g/mol. The van der Waals surface area contributed by atoms with Gasteiger partial charge in [-0.3, -0.25) is 14.5 Å². The average molecular weight is 473 g/mol. The first-order chi connectivity index (χ1) is 16.8. The van der Waals surface area contributed by atoms with Gasteiger partial charge in [0.15, 0.2) is 0 Å². The minimum Gasteiger partial charge on any atom is -0.508 e. The van der Waals surface area contributed by atoms with Crippen LogP contribution < -0.4 is 9.64 Å². The van der Waals surface area contributed by atoms with Gasteiger partial charge in [0, 0.05) is 11.3 Å². The third-order valence-electron chi connectivity index (χ3n) is 5.63. The highest BCUT2D eigenvalue weighted by atomic mass is 16.5. The summed E-state index contributed by atoms with van der Waals surface area (Å²) in [7, 11) is 1.48. The van der Waals surface area contributed by atoms with Crippen molar-refractivity contribution in [1.82, 2.24) is 0 Å². The van der Waals surface area contributed by atoms with Crippen LogP contribution in [0.25, 0.3) is 5.76 Å². The molecule has 0 spiro atoms. The topological polar surface area (TPSA) is 113 Å². The molecule has 1 unspecified atom stereocenters. The fraction of sp³-hybridized carbons (Fsp3) is 0.148. The van der Waals surface area contributed by atoms with Crippen LogP contribution in [-0.2, 0) is 14.3 Å². The number of ether oxygens (including phenoxy) is 2. The summed E-state index contributed by atoms with van der Waals surface area (Å²) in [6, 6.07) is 17.6. The van der Waals surface area contributed by atoms with Crippen molar-refractivity contribution in [3.05, 3.63) is 95.1 Å². The standard InChI is InChI=1S/C27H23NO7/c1-3-35-27(33)16-10-12-19(13-11-16)28-23(17-6-4-8-20(29)14-17)22(25(31)26(28)32)24(30)18-7-5-9-21(15-18)34-2/h4-15,23,29-30H,3H2,1-2H3/b24-22+. The Bertz CT molecular complexity index is 1330. The van der Waals surface area contributed by atoms with Crippen LogP contribution in [-0.4, -0.2) is 41.6 Å². The van der Waals surface area contributed by atoms with Crippen molar-refractivity contribution in [2.45, 2.75) is 13.0 Å². The quantitative estimate of drug-likeness (QED) is 0.239. The molecule has 3 aromatic rings. The Labute approximate surface area is 201 Å². The van der Waals surface area contributed by atoms with E-state index in [0.717, 1.165) is 0 Å². The Balaban J connectivity index is 1.87. The highest BCUT2D eigenvalue weighted by molar-refractivity contribution is 6.51. The van der Waals surface area contributed by atoms with Crippen LogP contribution in [0.5, 0.6) is 11.5 Å². The summed E-state index contributed by atoms with van der Waals surface area (Å²) in [5, 5.41) is 21.3. The van der Waals surface area contributed by atoms with Crippen LogP contribution in [0.15, 0.2) is 78.4 Å². The van der Waals surface area contributed by atoms with Crippen molar-refractivity contribution in [1.29, 1.82) is 0 Å². The summed E-state index contributed by atoms with van der Waals surface area (Å²) < 4.78 is 10.2. The normalized spacial score (nSPS) is 16.9. The third kappa shape index (κ3) is 4.46. The smallest absolute Gasteiger partial charge is 0.338 e. The van der Waals surface area contributed by atoms with Gasteiger partial charge < -0.3 is 19.7 Å². The highest BCUT2D eigenvalue weighted by Crippen LogP contribution is 2.43. The Morgan fingerprint density at radius 3 is 2.34 bits per heavy atom. The molecule has 1 amide bonds. The van der Waals surface area contributed by atoms with Crippen LogP contribution in [0.4, 0.5) is 5.69 Å². The van der Waals surface area contributed by atoms with Crippen LogP contribution in [0.2, 0.25) is 0 Å². The predicted molar refractivity (Wildman–Crippen MR) is 128 cm³/mol. The van der Waals surface area contributed by atoms with Gasteiger partial charge in [0.05, 0.1) is 30.9 Å². The van der Waals surface area contributed by atoms with Gasteiger partial charge in [-0.15, -0.1) is 0 Å². The Morgan fingerprint density at radius 2 is 1.69 bits per heavy atom. The van der Waals surface area contributed by atoms with E-state index in [-0.39, 0.29) is 29.3 Å². The van der Waals surface area contributed by atoms with Gasteiger partial charge in [-0.1, -0.05) is 24.3 Å². The van der Waals surface area contributed by atoms with E-state index in [1.54, 1.807) is 43.3 Å². The largest absolute Gasteiger partial charge is 0.508 e. The summed E-state index contributed by atoms with van der Waals surface area (Å²) >= 11 is 0. The summed E-state index contributed by atoms with van der Waals surface area (Å²) in [6.07, 6.45) is 0. The number of Topliss-reactive ketones (excluding diaryl/α,β-unsaturated/α-hetero) is 1. The van der Waals surface area contributed by atoms with Crippen molar-refractivity contribution in [3.8, 4) is 11.5 Å². The maximum atomic E-state index is 13.2. The summed E-state index contributed by atoms with van der Waals surface area (Å²) in [5.41, 5.74) is 1.20. The number of hydrogen-bond acceptors (Lipinski definition) is 7. The molecule has 0 aromatic heterocycles. The third-order valence-corrected chi connectivity index (χ3v) is 5.63. The second-order valence-electron chi connectivity index (χ2n) is 7.76. The summed E-state index contributed by atoms with van der Waals surface area (Å²) in [5.74, 6) is -2.22. The van der Waals surface area contributed by atoms with E-state index >= 15 is 0 Å². The fourth-order valence-electron chi connectivity index (χ4n) is 4.01. The van der Waals surface area contributed by atoms with Crippen LogP contribution in [0.3, 0.4) is 0 Å². The second kappa shape index (κ2) is 9.72. The molecule has 178 valence electrons. The number of nitrogens with zero attached hydrogens (tertiary/aromatic N) is 1. The number of carbonyl (C=O) groups is 3. The number of aliphatic hydroxyl groups excluding tert-OH is 1. The molecular formula is C27H23NO7. The molecule has 8 heteroatoms. The maximum absolute atomic E-state index is 13.2. The lowest BCUT2D eigenvalue weighted by atomic mass is 9.95. The van der Waals surface area contributed by atoms with Crippen molar-refractivity contribution in [3.63, 3.8) is 0 Å². The lowest BCUT2D eigenvalue weighted by Crippen LogP contribution is -2.29. The highest BCUT2D eigenvalue weighted by Gasteiger charge is 2.47. The van der Waals surface area contributed by atoms with E-state index < -0.39 is 23.7 Å². The first kappa shape index (κ1) is 23.6. The first-order valence-corrected chi connectivity index (χ1v) is 10.9. The lowest BCUT2D eigenvalue weighted by Gasteiger charge is -2.25. The van der Waals surface area contributed by atoms with E-state index in [4.69, 9.17) is 9.47 Å². The Kier molecular flexibility index (Phi) is 6.55. The predicted octanol–water partition coefficient (Wildman–Crippen LogP) is 4.20. The minimum atomic E-state index is -1.03. The zero-order chi connectivity index (χ0) is 25.1. The van der Waals surface area contributed by atoms with E-state index in [2.05, 4.69) is 0 Å². The van der Waals surface area contributed by atoms with Crippen molar-refractivity contribution < 1.29 is 34.1 Å². The average Bonchev–Trinajstić information content (AvgIpc) is 3.14. The Hall–Kier alpha value is -4.59. The molecule has 0 aliphatic carbocycles. The molecule has 1 saturated heterocycles. The Morgan fingerprint density at radius 1 is 0.971 bits per heavy atom. The van der Waals surface area contributed by atoms with Crippen molar-refractivity contribution in [2.24, 2.45) is 0 Å². The van der Waals surface area contributed by atoms with Gasteiger partial charge >= 0.3 is 5.97 Å². The van der Waals surface area contributed by atoms with Gasteiger partial charge in [-0.2, -0.15) is 0 Å². The van der Waals surface area contributed by atoms with Gasteiger partial charge in [-0.25, -0.2) is 4.79 Å². The molecule has 1 aliphatic rings. The number of benzene rings is 3. The maximum Gasteiger partial charge on any atom is 0.338 e. The molecule has 4 rings (SSSR count). The molecule has 1 atom stereocenters. The summed E-state index contributed by atoms with van der Waals surface area (Å²) in [4.78, 5) is 39.7. The number of anilines is 1. The van der Waals surface area contributed by atoms with Gasteiger partial charge in [-0.05, 0) is 61.0 Å². The van der Waals surface area contributed by atoms with Gasteiger partial charge in [0.25, 0.3) is 11.7 Å². The molecule has 1 fully saturated rings. The number of rotatable bonds is 6. The van der Waals surface area contributed by atoms with Crippen molar-refractivity contribution >= 4 is 29.1 Å². The van der Waals surface area contributed by atoms with E-state index in [1.165, 1.54) is 48.4 Å². The van der Waals surface area contributed by atoms with E-state index in [0.29, 0.717) is 22.6 Å². The molecule has 3 aromatic carbocycles. The van der Waals surface area contributed by atoms with Crippen LogP contribution in [0, 0.1) is 0 Å². The van der Waals surface area contributed by atoms with Crippen LogP contribution >= 0.6 is 0 Å². The van der Waals surface area contributed by atoms with Crippen LogP contribution in [0.1, 0.15) is 34.5 Å². The van der Waals surface area contributed by atoms with E-state index in [9.17, 15) is 24.6 Å². The molecule has 35 heavy (non-hydrogen) atoms. The molecule has 0 bridgehead atoms. The number of phenols is 1. The number of aromatic hydroxyl groups is 1. The van der Waals surface area contributed by atoms with Gasteiger partial charge in [0.2, 0.25) is 0 Å². The zero-order valence-electron chi connectivity index (χ0n) is 19.1. The number of hydrogen-bond donors (Lipinski definition) is 2. The number of amides is 1. The SMILES string of the molecule is CCOC(=O)c1ccc(N2C(=O)C(=O)/C(=C(/O)c3cccc(OC)c3)C2c2cccc(O)c2)cc1. The molecule has 0 saturated carbocycles. The lowest BCUT2D eigenvalue weighted by molar-refractivity contribution is -0.132. The molecule has 0 radical (unpaired) electrons. The van der Waals surface area contributed by atoms with Gasteiger partial charge in [0.1, 0.15) is 17.3 Å². The number of esters is 1. The second-order valence-corrected chi connectivity index (χ2v) is 7.76. The number of methoxy groups -OCH3 is 1. The molecular weight excluding hydrogens is 450 g/mol. The number of carbonyl (C=O) groups excluding carboxylic acids is 3. The molecule has 1 heterocycles. The molecule has 2 N–H and O–H groups in total. The zero-order valence-corrected chi connectivity index (χ0v) is 19.1. The number of ketones is 1.